The second kappa shape index (κ2) is 47.2. The molecule has 0 rings (SSSR count). The molecule has 2 atom stereocenters. The molecule has 1 N–H and O–H groups in total. The topological polar surface area (TPSA) is 91.3 Å². The van der Waals surface area contributed by atoms with Crippen molar-refractivity contribution in [3.05, 3.63) is 36.5 Å². The fourth-order valence-electron chi connectivity index (χ4n) is 7.52. The predicted molar refractivity (Wildman–Crippen MR) is 270 cm³/mol. The lowest BCUT2D eigenvalue weighted by Crippen LogP contribution is -2.37. The van der Waals surface area contributed by atoms with Crippen LogP contribution in [0.1, 0.15) is 245 Å². The van der Waals surface area contributed by atoms with Crippen LogP contribution in [0.15, 0.2) is 36.5 Å². The summed E-state index contributed by atoms with van der Waals surface area (Å²) in [5.74, 6) is -0.319. The van der Waals surface area contributed by atoms with Crippen molar-refractivity contribution in [1.82, 2.24) is 0 Å². The summed E-state index contributed by atoms with van der Waals surface area (Å²) >= 11 is 0. The zero-order valence-electron chi connectivity index (χ0n) is 42.3. The van der Waals surface area contributed by atoms with E-state index in [0.717, 1.165) is 51.4 Å². The first-order chi connectivity index (χ1) is 30.6. The Morgan fingerprint density at radius 1 is 0.492 bits per heavy atom. The van der Waals surface area contributed by atoms with Gasteiger partial charge in [-0.2, -0.15) is 0 Å². The molecule has 372 valence electrons. The van der Waals surface area contributed by atoms with Gasteiger partial charge in [0, 0.05) is 13.0 Å². The van der Waals surface area contributed by atoms with E-state index in [1.807, 2.05) is 21.1 Å². The number of phosphoric ester groups is 1. The Balaban J connectivity index is 4.05. The third-order valence-electron chi connectivity index (χ3n) is 11.7. The maximum atomic E-state index is 12.7. The van der Waals surface area contributed by atoms with Gasteiger partial charge < -0.3 is 18.9 Å². The van der Waals surface area contributed by atoms with E-state index in [-0.39, 0.29) is 25.8 Å². The van der Waals surface area contributed by atoms with Gasteiger partial charge in [0.05, 0.1) is 34.4 Å². The number of hydrogen-bond acceptors (Lipinski definition) is 6. The average Bonchev–Trinajstić information content (AvgIpc) is 3.24. The van der Waals surface area contributed by atoms with Gasteiger partial charge in [-0.15, -0.1) is 0 Å². The van der Waals surface area contributed by atoms with E-state index >= 15 is 0 Å². The lowest BCUT2D eigenvalue weighted by Gasteiger charge is -2.24. The highest BCUT2D eigenvalue weighted by atomic mass is 31.2. The van der Waals surface area contributed by atoms with Gasteiger partial charge in [0.2, 0.25) is 0 Å². The first kappa shape index (κ1) is 61.7. The number of carbonyl (C=O) groups excluding carboxylic acids is 1. The zero-order chi connectivity index (χ0) is 46.2. The van der Waals surface area contributed by atoms with Gasteiger partial charge in [0.15, 0.2) is 0 Å². The molecule has 0 aliphatic rings. The molecule has 2 unspecified atom stereocenters. The number of hydrogen-bond donors (Lipinski definition) is 1. The molecule has 8 nitrogen and oxygen atoms in total. The number of carbonyl (C=O) groups is 1. The second-order valence-corrected chi connectivity index (χ2v) is 20.7. The Labute approximate surface area is 391 Å². The maximum Gasteiger partial charge on any atom is 0.472 e. The number of phosphoric acid groups is 1. The number of nitrogens with zero attached hydrogens (tertiary/aromatic N) is 1. The molecule has 0 aliphatic heterocycles. The van der Waals surface area contributed by atoms with E-state index < -0.39 is 13.9 Å². The smallest absolute Gasteiger partial charge is 0.457 e. The van der Waals surface area contributed by atoms with Crippen molar-refractivity contribution in [2.24, 2.45) is 0 Å². The molecule has 0 aliphatic carbocycles. The molecular weight excluding hydrogens is 806 g/mol. The standard InChI is InChI=1S/C54H104NO7P/c1-6-8-10-12-14-16-18-20-22-23-24-25-26-27-28-29-30-31-32-34-36-38-40-42-44-46-49-59-51-53(52-61-63(57,58)60-50-48-55(3,4)5)62-54(56)47-45-43-41-39-37-35-33-21-19-17-15-13-11-9-7-2/h18,20-21,23-24,33,53H,6-17,19,22,25-32,34-52H2,1-5H3/p+1/b20-18-,24-23-,33-21-. The summed E-state index contributed by atoms with van der Waals surface area (Å²) in [5, 5.41) is 0. The number of unbranched alkanes of at least 4 members (excludes halogenated alkanes) is 30. The van der Waals surface area contributed by atoms with Crippen LogP contribution in [-0.4, -0.2) is 75.6 Å². The molecule has 0 saturated heterocycles. The van der Waals surface area contributed by atoms with Crippen molar-refractivity contribution in [2.75, 3.05) is 54.1 Å². The van der Waals surface area contributed by atoms with Gasteiger partial charge in [0.1, 0.15) is 19.3 Å². The minimum atomic E-state index is -4.28. The lowest BCUT2D eigenvalue weighted by atomic mass is 10.0. The molecule has 0 radical (unpaired) electrons. The van der Waals surface area contributed by atoms with Crippen LogP contribution in [0.4, 0.5) is 0 Å². The van der Waals surface area contributed by atoms with Crippen molar-refractivity contribution in [1.29, 1.82) is 0 Å². The van der Waals surface area contributed by atoms with Crippen LogP contribution < -0.4 is 0 Å². The molecule has 0 aromatic rings. The Morgan fingerprint density at radius 3 is 1.30 bits per heavy atom. The highest BCUT2D eigenvalue weighted by Crippen LogP contribution is 2.43. The second-order valence-electron chi connectivity index (χ2n) is 19.3. The minimum Gasteiger partial charge on any atom is -0.457 e. The van der Waals surface area contributed by atoms with Crippen molar-refractivity contribution >= 4 is 13.8 Å². The number of likely N-dealkylation sites (N-methyl/N-ethyl adjacent to an activating group) is 1. The number of esters is 1. The highest BCUT2D eigenvalue weighted by Gasteiger charge is 2.26. The van der Waals surface area contributed by atoms with E-state index in [1.165, 1.54) is 173 Å². The molecule has 0 fully saturated rings. The van der Waals surface area contributed by atoms with Gasteiger partial charge >= 0.3 is 13.8 Å². The van der Waals surface area contributed by atoms with Gasteiger partial charge in [0.25, 0.3) is 0 Å². The van der Waals surface area contributed by atoms with E-state index in [9.17, 15) is 14.3 Å². The third kappa shape index (κ3) is 51.6. The first-order valence-corrected chi connectivity index (χ1v) is 28.2. The summed E-state index contributed by atoms with van der Waals surface area (Å²) in [6, 6.07) is 0. The molecule has 9 heteroatoms. The summed E-state index contributed by atoms with van der Waals surface area (Å²) in [4.78, 5) is 23.0. The number of allylic oxidation sites excluding steroid dienone is 6. The van der Waals surface area contributed by atoms with Crippen LogP contribution in [0, 0.1) is 0 Å². The third-order valence-corrected chi connectivity index (χ3v) is 12.7. The molecule has 0 spiro atoms. The summed E-state index contributed by atoms with van der Waals surface area (Å²) in [7, 11) is 1.67. The highest BCUT2D eigenvalue weighted by molar-refractivity contribution is 7.47. The largest absolute Gasteiger partial charge is 0.472 e. The molecule has 63 heavy (non-hydrogen) atoms. The summed E-state index contributed by atoms with van der Waals surface area (Å²) in [6.45, 7) is 5.63. The summed E-state index contributed by atoms with van der Waals surface area (Å²) in [6.07, 6.45) is 57.7. The number of rotatable bonds is 50. The molecule has 0 bridgehead atoms. The van der Waals surface area contributed by atoms with E-state index in [1.54, 1.807) is 0 Å². The fraction of sp³-hybridized carbons (Fsp3) is 0.870. The Bertz CT molecular complexity index is 1100. The van der Waals surface area contributed by atoms with Crippen LogP contribution in [0.3, 0.4) is 0 Å². The Hall–Kier alpha value is -1.28. The lowest BCUT2D eigenvalue weighted by molar-refractivity contribution is -0.870. The van der Waals surface area contributed by atoms with E-state index in [4.69, 9.17) is 18.5 Å². The van der Waals surface area contributed by atoms with Gasteiger partial charge in [-0.1, -0.05) is 204 Å². The average molecular weight is 911 g/mol. The quantitative estimate of drug-likeness (QED) is 0.0214. The van der Waals surface area contributed by atoms with Crippen LogP contribution in [0.2, 0.25) is 0 Å². The maximum absolute atomic E-state index is 12.7. The SMILES string of the molecule is CCCCCCC/C=C\C/C=C\CCCCCCCCCCCCCCCCOCC(COP(=O)(O)OCC[N+](C)(C)C)OC(=O)CCCCCCC/C=C\CCCCCCCC. The molecule has 0 amide bonds. The van der Waals surface area contributed by atoms with Crippen molar-refractivity contribution in [2.45, 2.75) is 251 Å². The summed E-state index contributed by atoms with van der Waals surface area (Å²) in [5.41, 5.74) is 0. The first-order valence-electron chi connectivity index (χ1n) is 26.7. The van der Waals surface area contributed by atoms with Crippen LogP contribution >= 0.6 is 7.82 Å². The van der Waals surface area contributed by atoms with Gasteiger partial charge in [-0.05, 0) is 70.6 Å². The summed E-state index contributed by atoms with van der Waals surface area (Å²) < 4.78 is 35.2. The van der Waals surface area contributed by atoms with Crippen molar-refractivity contribution in [3.63, 3.8) is 0 Å². The molecule has 0 aromatic carbocycles. The number of quaternary nitrogens is 1. The molecular formula is C54H105NO7P+. The van der Waals surface area contributed by atoms with Gasteiger partial charge in [-0.25, -0.2) is 4.57 Å². The van der Waals surface area contributed by atoms with Gasteiger partial charge in [-0.3, -0.25) is 13.8 Å². The monoisotopic (exact) mass is 911 g/mol. The van der Waals surface area contributed by atoms with Crippen LogP contribution in [0.5, 0.6) is 0 Å². The fourth-order valence-corrected chi connectivity index (χ4v) is 8.26. The molecule has 0 saturated carbocycles. The Kier molecular flexibility index (Phi) is 46.3. The normalized spacial score (nSPS) is 13.8. The van der Waals surface area contributed by atoms with Crippen molar-refractivity contribution in [3.8, 4) is 0 Å². The molecule has 0 heterocycles. The zero-order valence-corrected chi connectivity index (χ0v) is 43.2. The van der Waals surface area contributed by atoms with Crippen LogP contribution in [0.25, 0.3) is 0 Å². The van der Waals surface area contributed by atoms with Crippen molar-refractivity contribution < 1.29 is 37.3 Å². The predicted octanol–water partition coefficient (Wildman–Crippen LogP) is 16.5. The van der Waals surface area contributed by atoms with Crippen LogP contribution in [-0.2, 0) is 27.9 Å². The minimum absolute atomic E-state index is 0.0878. The Morgan fingerprint density at radius 2 is 0.873 bits per heavy atom. The van der Waals surface area contributed by atoms with E-state index in [2.05, 4.69) is 50.3 Å². The molecule has 0 aromatic heterocycles. The van der Waals surface area contributed by atoms with E-state index in [0.29, 0.717) is 24.1 Å². The number of ether oxygens (including phenoxy) is 2.